The van der Waals surface area contributed by atoms with Crippen LogP contribution < -0.4 is 16.4 Å². The highest BCUT2D eigenvalue weighted by Gasteiger charge is 2.43. The number of aromatic nitrogens is 3. The topological polar surface area (TPSA) is 14.8 Å². The van der Waals surface area contributed by atoms with Gasteiger partial charge in [0.15, 0.2) is 0 Å². The zero-order valence-electron chi connectivity index (χ0n) is 34.4. The van der Waals surface area contributed by atoms with Crippen molar-refractivity contribution in [1.29, 1.82) is 0 Å². The minimum atomic E-state index is -0.00803. The Kier molecular flexibility index (Phi) is 5.56. The molecule has 0 saturated heterocycles. The molecular weight excluding hydrogens is 773 g/mol. The Balaban J connectivity index is 1.15. The third-order valence-electron chi connectivity index (χ3n) is 15.5. The van der Waals surface area contributed by atoms with Gasteiger partial charge in [-0.1, -0.05) is 158 Å². The van der Waals surface area contributed by atoms with Gasteiger partial charge in [0.2, 0.25) is 0 Å². The van der Waals surface area contributed by atoms with Gasteiger partial charge < -0.3 is 13.7 Å². The normalized spacial score (nSPS) is 13.3. The van der Waals surface area contributed by atoms with Gasteiger partial charge in [-0.15, -0.1) is 0 Å². The second-order valence-corrected chi connectivity index (χ2v) is 18.3. The van der Waals surface area contributed by atoms with E-state index in [4.69, 9.17) is 0 Å². The van der Waals surface area contributed by atoms with E-state index in [2.05, 4.69) is 208 Å². The van der Waals surface area contributed by atoms with Crippen LogP contribution in [0.5, 0.6) is 0 Å². The lowest BCUT2D eigenvalue weighted by atomic mass is 9.34. The molecule has 5 heterocycles. The Morgan fingerprint density at radius 2 is 0.797 bits per heavy atom. The monoisotopic (exact) mass is 805 g/mol. The maximum absolute atomic E-state index is 2.67. The summed E-state index contributed by atoms with van der Waals surface area (Å²) in [6.07, 6.45) is 0. The largest absolute Gasteiger partial charge is 0.310 e. The van der Waals surface area contributed by atoms with E-state index < -0.39 is 0 Å². The highest BCUT2D eigenvalue weighted by Crippen LogP contribution is 2.51. The van der Waals surface area contributed by atoms with Crippen LogP contribution in [0, 0.1) is 0 Å². The third kappa shape index (κ3) is 3.59. The van der Waals surface area contributed by atoms with Crippen LogP contribution in [0.1, 0.15) is 0 Å². The molecule has 0 N–H and O–H groups in total. The molecule has 0 fully saturated rings. The van der Waals surface area contributed by atoms with Crippen molar-refractivity contribution in [2.24, 2.45) is 0 Å². The van der Waals surface area contributed by atoms with Crippen LogP contribution in [-0.4, -0.2) is 20.4 Å². The molecule has 0 spiro atoms. The average molecular weight is 806 g/mol. The predicted octanol–water partition coefficient (Wildman–Crippen LogP) is 13.2. The van der Waals surface area contributed by atoms with E-state index in [1.807, 2.05) is 0 Å². The highest BCUT2D eigenvalue weighted by molar-refractivity contribution is 7.00. The van der Waals surface area contributed by atoms with Gasteiger partial charge in [-0.2, -0.15) is 0 Å². The molecule has 0 saturated carbocycles. The fourth-order valence-electron chi connectivity index (χ4n) is 13.2. The summed E-state index contributed by atoms with van der Waals surface area (Å²) in [6.45, 7) is -0.00803. The second-order valence-electron chi connectivity index (χ2n) is 18.3. The van der Waals surface area contributed by atoms with Gasteiger partial charge in [0.1, 0.15) is 0 Å². The fraction of sp³-hybridized carbons (Fsp3) is 0. The predicted molar refractivity (Wildman–Crippen MR) is 271 cm³/mol. The molecule has 64 heavy (non-hydrogen) atoms. The number of hydrogen-bond acceptors (Lipinski definition) is 0. The van der Waals surface area contributed by atoms with Gasteiger partial charge in [0, 0.05) is 43.7 Å². The lowest BCUT2D eigenvalue weighted by molar-refractivity contribution is 1.10. The minimum Gasteiger partial charge on any atom is -0.310 e. The Labute approximate surface area is 366 Å². The quantitative estimate of drug-likeness (QED) is 0.147. The summed E-state index contributed by atoms with van der Waals surface area (Å²) < 4.78 is 7.85. The fourth-order valence-corrected chi connectivity index (χ4v) is 13.2. The first-order valence-corrected chi connectivity index (χ1v) is 22.5. The van der Waals surface area contributed by atoms with Crippen molar-refractivity contribution in [1.82, 2.24) is 13.7 Å². The number of hydrogen-bond donors (Lipinski definition) is 0. The van der Waals surface area contributed by atoms with Crippen LogP contribution >= 0.6 is 0 Å². The zero-order valence-corrected chi connectivity index (χ0v) is 34.4. The molecule has 14 aromatic rings. The van der Waals surface area contributed by atoms with E-state index in [1.54, 1.807) is 0 Å². The number of rotatable bonds is 1. The van der Waals surface area contributed by atoms with E-state index in [1.165, 1.54) is 153 Å². The molecule has 3 aliphatic rings. The number of fused-ring (bicyclic) bond motifs is 18. The minimum absolute atomic E-state index is 0.00803. The second kappa shape index (κ2) is 11.0. The zero-order chi connectivity index (χ0) is 41.1. The first-order chi connectivity index (χ1) is 31.8. The van der Waals surface area contributed by atoms with Gasteiger partial charge in [-0.05, 0) is 107 Å². The van der Waals surface area contributed by atoms with Crippen molar-refractivity contribution in [2.75, 3.05) is 0 Å². The molecular formula is C60H32BN3. The first kappa shape index (κ1) is 32.4. The molecule has 11 aromatic carbocycles. The van der Waals surface area contributed by atoms with Crippen LogP contribution in [0.25, 0.3) is 137 Å². The van der Waals surface area contributed by atoms with E-state index >= 15 is 0 Å². The molecule has 17 rings (SSSR count). The highest BCUT2D eigenvalue weighted by atomic mass is 15.1. The van der Waals surface area contributed by atoms with Crippen molar-refractivity contribution < 1.29 is 0 Å². The maximum Gasteiger partial charge on any atom is 0.252 e. The average Bonchev–Trinajstić information content (AvgIpc) is 3.98. The van der Waals surface area contributed by atoms with Crippen LogP contribution in [0.3, 0.4) is 0 Å². The van der Waals surface area contributed by atoms with Crippen LogP contribution in [-0.2, 0) is 0 Å². The lowest BCUT2D eigenvalue weighted by Crippen LogP contribution is -2.59. The van der Waals surface area contributed by atoms with Crippen molar-refractivity contribution in [2.45, 2.75) is 0 Å². The van der Waals surface area contributed by atoms with Crippen molar-refractivity contribution >= 4 is 121 Å². The van der Waals surface area contributed by atoms with E-state index in [-0.39, 0.29) is 6.71 Å². The smallest absolute Gasteiger partial charge is 0.252 e. The summed E-state index contributed by atoms with van der Waals surface area (Å²) in [5.41, 5.74) is 20.6. The van der Waals surface area contributed by atoms with Crippen molar-refractivity contribution in [3.05, 3.63) is 194 Å². The molecule has 0 bridgehead atoms. The summed E-state index contributed by atoms with van der Waals surface area (Å²) in [7, 11) is 0. The van der Waals surface area contributed by atoms with Crippen LogP contribution in [0.15, 0.2) is 194 Å². The molecule has 0 atom stereocenters. The van der Waals surface area contributed by atoms with Crippen molar-refractivity contribution in [3.8, 4) is 39.3 Å². The lowest BCUT2D eigenvalue weighted by Gasteiger charge is -2.35. The molecule has 3 aromatic heterocycles. The summed E-state index contributed by atoms with van der Waals surface area (Å²) in [5, 5.41) is 15.7. The maximum atomic E-state index is 2.67. The summed E-state index contributed by atoms with van der Waals surface area (Å²) in [5.74, 6) is 0. The van der Waals surface area contributed by atoms with E-state index in [9.17, 15) is 0 Å². The van der Waals surface area contributed by atoms with E-state index in [0.717, 1.165) is 0 Å². The Morgan fingerprint density at radius 3 is 1.52 bits per heavy atom. The van der Waals surface area contributed by atoms with Crippen LogP contribution in [0.4, 0.5) is 0 Å². The molecule has 4 heteroatoms. The van der Waals surface area contributed by atoms with Gasteiger partial charge >= 0.3 is 0 Å². The molecule has 2 aliphatic heterocycles. The molecule has 1 aliphatic carbocycles. The molecule has 0 amide bonds. The van der Waals surface area contributed by atoms with Gasteiger partial charge in [-0.3, -0.25) is 0 Å². The van der Waals surface area contributed by atoms with Crippen molar-refractivity contribution in [3.63, 3.8) is 0 Å². The Morgan fingerprint density at radius 1 is 0.297 bits per heavy atom. The molecule has 290 valence electrons. The summed E-state index contributed by atoms with van der Waals surface area (Å²) >= 11 is 0. The SMILES string of the molecule is c1ccc2c(c1)-c1cccc3cc4c5c(c13)c1c-2cccc1n5-c1cc(-n2c3ccccc3c3ccccc32)cc2c1B4c1cc3ccccc3c3c4c5ccccc5ccc4n-2c13. The number of para-hydroxylation sites is 2. The Bertz CT molecular complexity index is 4500. The molecule has 0 unspecified atom stereocenters. The summed E-state index contributed by atoms with van der Waals surface area (Å²) in [6, 6.07) is 73.9. The number of nitrogens with zero attached hydrogens (tertiary/aromatic N) is 3. The van der Waals surface area contributed by atoms with Gasteiger partial charge in [0.25, 0.3) is 6.71 Å². The van der Waals surface area contributed by atoms with E-state index in [0.29, 0.717) is 0 Å². The van der Waals surface area contributed by atoms with Crippen LogP contribution in [0.2, 0.25) is 0 Å². The first-order valence-electron chi connectivity index (χ1n) is 22.5. The molecule has 0 radical (unpaired) electrons. The summed E-state index contributed by atoms with van der Waals surface area (Å²) in [4.78, 5) is 0. The van der Waals surface area contributed by atoms with Gasteiger partial charge in [0.05, 0.1) is 38.8 Å². The molecule has 3 nitrogen and oxygen atoms in total. The third-order valence-corrected chi connectivity index (χ3v) is 15.5. The number of benzene rings is 11. The standard InChI is InChI=1S/C60H32BN3/c1-3-16-37-33(13-1)27-28-50-54(37)56-38-17-4-2-14-34(38)29-45-59(56)64(50)52-32-36(62-47-24-9-7-20-41(47)42-21-8-10-25-48(42)62)31-51-58(52)61(45)46-30-35-15-11-22-43-39-18-5-6-19-40(39)44-23-12-26-49-55(44)57(53(35)43)60(46)63(49)51/h1-32H. The Hall–Kier alpha value is -8.34. The van der Waals surface area contributed by atoms with Gasteiger partial charge in [-0.25, -0.2) is 0 Å².